The van der Waals surface area contributed by atoms with Crippen LogP contribution >= 0.6 is 0 Å². The quantitative estimate of drug-likeness (QED) is 0.475. The summed E-state index contributed by atoms with van der Waals surface area (Å²) in [5, 5.41) is 10.3. The van der Waals surface area contributed by atoms with Gasteiger partial charge in [-0.25, -0.2) is 4.98 Å². The van der Waals surface area contributed by atoms with Crippen LogP contribution in [0.1, 0.15) is 0 Å². The Balaban J connectivity index is 0.00000225. The molecule has 0 bridgehead atoms. The van der Waals surface area contributed by atoms with Gasteiger partial charge in [0.2, 0.25) is 13.4 Å². The second-order valence-electron chi connectivity index (χ2n) is 2.41. The predicted molar refractivity (Wildman–Crippen MR) is 50.3 cm³/mol. The molecule has 16 heavy (non-hydrogen) atoms. The molecule has 6 nitrogen and oxygen atoms in total. The van der Waals surface area contributed by atoms with E-state index in [1.165, 1.54) is 27.5 Å². The van der Waals surface area contributed by atoms with Crippen LogP contribution < -0.4 is 42.7 Å². The van der Waals surface area contributed by atoms with Crippen molar-refractivity contribution in [1.29, 1.82) is 0 Å². The summed E-state index contributed by atoms with van der Waals surface area (Å²) in [6.07, 6.45) is 1.38. The van der Waals surface area contributed by atoms with Gasteiger partial charge in [0.1, 0.15) is 0 Å². The van der Waals surface area contributed by atoms with E-state index in [1.807, 2.05) is 0 Å². The zero-order chi connectivity index (χ0) is 11.3. The molecule has 0 unspecified atom stereocenters. The molecule has 0 aliphatic carbocycles. The Morgan fingerprint density at radius 3 is 2.25 bits per heavy atom. The molecule has 0 aliphatic heterocycles. The Bertz CT molecular complexity index is 338. The molecule has 1 radical (unpaired) electrons. The van der Waals surface area contributed by atoms with Crippen LogP contribution in [0.4, 0.5) is 0 Å². The van der Waals surface area contributed by atoms with E-state index in [0.717, 1.165) is 0 Å². The molecule has 1 rings (SSSR count). The third-order valence-electron chi connectivity index (χ3n) is 1.71. The zero-order valence-electron chi connectivity index (χ0n) is 9.64. The minimum absolute atomic E-state index is 0. The first-order chi connectivity index (χ1) is 7.28. The number of pyridine rings is 1. The summed E-state index contributed by atoms with van der Waals surface area (Å²) in [5.41, 5.74) is 0. The van der Waals surface area contributed by atoms with E-state index in [2.05, 4.69) is 4.98 Å². The summed E-state index contributed by atoms with van der Waals surface area (Å²) in [7, 11) is 4.55. The third kappa shape index (κ3) is 2.98. The maximum Gasteiger partial charge on any atom is 1.00 e. The van der Waals surface area contributed by atoms with Gasteiger partial charge in [-0.1, -0.05) is 0 Å². The Morgan fingerprint density at radius 1 is 1.12 bits per heavy atom. The van der Waals surface area contributed by atoms with Crippen molar-refractivity contribution in [1.82, 2.24) is 4.98 Å². The molecule has 0 aliphatic rings. The van der Waals surface area contributed by atoms with E-state index >= 15 is 0 Å². The molecule has 81 valence electrons. The van der Waals surface area contributed by atoms with E-state index in [-0.39, 0.29) is 43.9 Å². The molecule has 0 amide bonds. The fourth-order valence-electron chi connectivity index (χ4n) is 1.07. The fourth-order valence-corrected chi connectivity index (χ4v) is 1.07. The smallest absolute Gasteiger partial charge is 0.850 e. The molecule has 0 saturated heterocycles. The second kappa shape index (κ2) is 7.28. The van der Waals surface area contributed by atoms with Gasteiger partial charge in [0, 0.05) is 0 Å². The van der Waals surface area contributed by atoms with Gasteiger partial charge in [-0.05, 0) is 0 Å². The maximum atomic E-state index is 10.3. The summed E-state index contributed by atoms with van der Waals surface area (Å²) < 4.78 is 19.6. The molecule has 0 fully saturated rings. The van der Waals surface area contributed by atoms with Crippen LogP contribution in [0.15, 0.2) is 6.20 Å². The van der Waals surface area contributed by atoms with Crippen molar-refractivity contribution in [2.45, 2.75) is 0 Å². The van der Waals surface area contributed by atoms with Gasteiger partial charge >= 0.3 is 18.9 Å². The minimum Gasteiger partial charge on any atom is -0.850 e. The standard InChI is InChI=1S/C8H10BNO5.Li/c1-12-5-4-10-8(14-3)7(13-2)6(5)15-9-11;/h4H,1-3H3;/q-1;+1. The number of hydrogen-bond acceptors (Lipinski definition) is 6. The van der Waals surface area contributed by atoms with E-state index in [0.29, 0.717) is 5.75 Å². The molecule has 1 aromatic rings. The Hall–Kier alpha value is -1.03. The van der Waals surface area contributed by atoms with Crippen molar-refractivity contribution in [3.05, 3.63) is 6.20 Å². The molecule has 0 aromatic carbocycles. The minimum atomic E-state index is 0. The normalized spacial score (nSPS) is 8.75. The summed E-state index contributed by atoms with van der Waals surface area (Å²) in [5.74, 6) is 0.862. The molecule has 1 heterocycles. The van der Waals surface area contributed by atoms with E-state index in [9.17, 15) is 5.02 Å². The number of methoxy groups -OCH3 is 3. The molecule has 0 saturated carbocycles. The Labute approximate surface area is 106 Å². The topological polar surface area (TPSA) is 72.9 Å². The van der Waals surface area contributed by atoms with Crippen LogP contribution in [-0.2, 0) is 0 Å². The van der Waals surface area contributed by atoms with Crippen LogP contribution in [-0.4, -0.2) is 34.0 Å². The zero-order valence-corrected chi connectivity index (χ0v) is 9.64. The third-order valence-corrected chi connectivity index (χ3v) is 1.71. The van der Waals surface area contributed by atoms with Gasteiger partial charge in [-0.15, -0.1) is 0 Å². The van der Waals surface area contributed by atoms with Gasteiger partial charge in [0.25, 0.3) is 5.88 Å². The largest absolute Gasteiger partial charge is 1.00 e. The number of ether oxygens (including phenoxy) is 3. The van der Waals surface area contributed by atoms with Crippen molar-refractivity contribution in [3.63, 3.8) is 0 Å². The van der Waals surface area contributed by atoms with Gasteiger partial charge in [0.05, 0.1) is 27.5 Å². The SMILES string of the molecule is COc1cnc(OC)c(OC)c1O[B][O-].[Li+]. The average Bonchev–Trinajstić information content (AvgIpc) is 2.28. The van der Waals surface area contributed by atoms with Gasteiger partial charge in [-0.2, -0.15) is 0 Å². The molecule has 8 heteroatoms. The number of hydrogen-bond donors (Lipinski definition) is 0. The predicted octanol–water partition coefficient (Wildman–Crippen LogP) is -3.62. The number of nitrogens with zero attached hydrogens (tertiary/aromatic N) is 1. The Kier molecular flexibility index (Phi) is 6.81. The second-order valence-corrected chi connectivity index (χ2v) is 2.41. The van der Waals surface area contributed by atoms with Crippen molar-refractivity contribution >= 4 is 7.69 Å². The first-order valence-corrected chi connectivity index (χ1v) is 4.03. The summed E-state index contributed by atoms with van der Waals surface area (Å²) in [4.78, 5) is 3.91. The van der Waals surface area contributed by atoms with Crippen molar-refractivity contribution < 1.29 is 42.7 Å². The van der Waals surface area contributed by atoms with E-state index < -0.39 is 0 Å². The maximum absolute atomic E-state index is 10.3. The Morgan fingerprint density at radius 2 is 1.81 bits per heavy atom. The van der Waals surface area contributed by atoms with Crippen LogP contribution in [0.3, 0.4) is 0 Å². The summed E-state index contributed by atoms with van der Waals surface area (Å²) in [6, 6.07) is 0. The van der Waals surface area contributed by atoms with Crippen molar-refractivity contribution in [2.24, 2.45) is 0 Å². The van der Waals surface area contributed by atoms with Gasteiger partial charge in [-0.3, -0.25) is 0 Å². The average molecular weight is 218 g/mol. The molecule has 0 spiro atoms. The molecule has 0 atom stereocenters. The van der Waals surface area contributed by atoms with Crippen LogP contribution in [0.5, 0.6) is 23.1 Å². The first-order valence-electron chi connectivity index (χ1n) is 4.03. The number of aromatic nitrogens is 1. The van der Waals surface area contributed by atoms with Crippen LogP contribution in [0.2, 0.25) is 0 Å². The first kappa shape index (κ1) is 15.0. The van der Waals surface area contributed by atoms with Gasteiger partial charge < -0.3 is 23.9 Å². The van der Waals surface area contributed by atoms with Crippen molar-refractivity contribution in [2.75, 3.05) is 21.3 Å². The summed E-state index contributed by atoms with van der Waals surface area (Å²) in [6.45, 7) is 0. The van der Waals surface area contributed by atoms with E-state index in [1.54, 1.807) is 0 Å². The molecular weight excluding hydrogens is 208 g/mol. The van der Waals surface area contributed by atoms with Gasteiger partial charge in [0.15, 0.2) is 11.5 Å². The number of rotatable bonds is 5. The summed E-state index contributed by atoms with van der Waals surface area (Å²) >= 11 is 0. The van der Waals surface area contributed by atoms with Crippen molar-refractivity contribution in [3.8, 4) is 23.1 Å². The molecule has 1 aromatic heterocycles. The van der Waals surface area contributed by atoms with Crippen LogP contribution in [0.25, 0.3) is 0 Å². The molecule has 0 N–H and O–H groups in total. The van der Waals surface area contributed by atoms with Crippen LogP contribution in [0, 0.1) is 0 Å². The monoisotopic (exact) mass is 218 g/mol. The fraction of sp³-hybridized carbons (Fsp3) is 0.375. The van der Waals surface area contributed by atoms with E-state index in [4.69, 9.17) is 18.9 Å². The molecular formula is C8H10BLiNO5.